The Balaban J connectivity index is 1.26. The quantitative estimate of drug-likeness (QED) is 0.379. The summed E-state index contributed by atoms with van der Waals surface area (Å²) in [5.41, 5.74) is 5.87. The maximum absolute atomic E-state index is 15.2. The largest absolute Gasteiger partial charge is 0.492 e. The lowest BCUT2D eigenvalue weighted by Gasteiger charge is -2.19. The van der Waals surface area contributed by atoms with Crippen molar-refractivity contribution >= 4 is 5.97 Å². The van der Waals surface area contributed by atoms with Gasteiger partial charge in [-0.3, -0.25) is 4.79 Å². The molecule has 1 fully saturated rings. The third-order valence-corrected chi connectivity index (χ3v) is 7.96. The molecule has 38 heavy (non-hydrogen) atoms. The Labute approximate surface area is 221 Å². The molecule has 0 bridgehead atoms. The van der Waals surface area contributed by atoms with Crippen LogP contribution >= 0.6 is 0 Å². The molecular weight excluding hydrogens is 487 g/mol. The number of carbonyl (C=O) groups is 1. The zero-order valence-corrected chi connectivity index (χ0v) is 21.6. The van der Waals surface area contributed by atoms with Gasteiger partial charge in [-0.05, 0) is 91.6 Å². The number of benzene rings is 3. The molecule has 2 aliphatic carbocycles. The van der Waals surface area contributed by atoms with E-state index in [0.717, 1.165) is 52.0 Å². The lowest BCUT2D eigenvalue weighted by Crippen LogP contribution is -2.18. The SMILES string of the molecule is Cc1cc(OCC2(O)CC2)cc(C)c1-c1ccc(F)c2c1CC[C@H]2Oc1ccc2c(c1)OCC2CC(=O)O. The number of rotatable bonds is 8. The summed E-state index contributed by atoms with van der Waals surface area (Å²) in [5.74, 6) is 0.624. The standard InChI is InChI=1S/C31H31FO6/c1-17-11-21(37-16-31(35)9-10-31)12-18(2)29(17)23-5-7-25(32)30-24(23)6-8-26(30)38-20-3-4-22-19(13-28(33)34)15-36-27(22)14-20/h3-5,7,11-12,14,19,26,35H,6,8-10,13,15-16H2,1-2H3,(H,33,34)/t19?,26-/m1/s1. The van der Waals surface area contributed by atoms with E-state index in [1.165, 1.54) is 6.07 Å². The second kappa shape index (κ2) is 9.31. The van der Waals surface area contributed by atoms with Crippen molar-refractivity contribution in [3.05, 3.63) is 76.1 Å². The van der Waals surface area contributed by atoms with Crippen LogP contribution in [0.1, 0.15) is 65.5 Å². The molecule has 6 nitrogen and oxygen atoms in total. The van der Waals surface area contributed by atoms with Crippen molar-refractivity contribution in [2.45, 2.75) is 63.6 Å². The number of aryl methyl sites for hydroxylation is 2. The molecule has 2 atom stereocenters. The van der Waals surface area contributed by atoms with Gasteiger partial charge in [0.05, 0.1) is 18.6 Å². The molecule has 1 saturated carbocycles. The van der Waals surface area contributed by atoms with Gasteiger partial charge < -0.3 is 24.4 Å². The molecule has 0 saturated heterocycles. The molecule has 0 spiro atoms. The summed E-state index contributed by atoms with van der Waals surface area (Å²) >= 11 is 0. The molecule has 198 valence electrons. The van der Waals surface area contributed by atoms with E-state index >= 15 is 4.39 Å². The van der Waals surface area contributed by atoms with Crippen molar-refractivity contribution in [2.75, 3.05) is 13.2 Å². The third kappa shape index (κ3) is 4.60. The minimum Gasteiger partial charge on any atom is -0.492 e. The van der Waals surface area contributed by atoms with Crippen LogP contribution in [0.3, 0.4) is 0 Å². The van der Waals surface area contributed by atoms with E-state index in [1.807, 2.05) is 44.2 Å². The Hall–Kier alpha value is -3.58. The van der Waals surface area contributed by atoms with Gasteiger partial charge in [0.2, 0.25) is 0 Å². The van der Waals surface area contributed by atoms with Crippen LogP contribution in [0.15, 0.2) is 42.5 Å². The van der Waals surface area contributed by atoms with E-state index in [2.05, 4.69) is 0 Å². The van der Waals surface area contributed by atoms with Gasteiger partial charge in [0.25, 0.3) is 0 Å². The highest BCUT2D eigenvalue weighted by Crippen LogP contribution is 2.45. The van der Waals surface area contributed by atoms with Gasteiger partial charge in [-0.25, -0.2) is 4.39 Å². The summed E-state index contributed by atoms with van der Waals surface area (Å²) in [7, 11) is 0. The van der Waals surface area contributed by atoms with Crippen molar-refractivity contribution in [1.82, 2.24) is 0 Å². The summed E-state index contributed by atoms with van der Waals surface area (Å²) in [4.78, 5) is 11.1. The summed E-state index contributed by atoms with van der Waals surface area (Å²) in [6.07, 6.45) is 2.49. The summed E-state index contributed by atoms with van der Waals surface area (Å²) in [5, 5.41) is 19.3. The highest BCUT2D eigenvalue weighted by atomic mass is 19.1. The number of fused-ring (bicyclic) bond motifs is 2. The Morgan fingerprint density at radius 1 is 1.11 bits per heavy atom. The average Bonchev–Trinajstić information content (AvgIpc) is 3.26. The zero-order chi connectivity index (χ0) is 26.6. The second-order valence-electron chi connectivity index (χ2n) is 10.9. The molecule has 7 heteroatoms. The van der Waals surface area contributed by atoms with Crippen molar-refractivity contribution in [2.24, 2.45) is 0 Å². The van der Waals surface area contributed by atoms with Crippen LogP contribution in [0.4, 0.5) is 4.39 Å². The van der Waals surface area contributed by atoms with Crippen LogP contribution in [-0.2, 0) is 11.2 Å². The van der Waals surface area contributed by atoms with E-state index in [9.17, 15) is 9.90 Å². The molecule has 0 radical (unpaired) electrons. The van der Waals surface area contributed by atoms with Crippen LogP contribution in [0, 0.1) is 19.7 Å². The number of carboxylic acid groups (broad SMARTS) is 1. The van der Waals surface area contributed by atoms with E-state index < -0.39 is 17.7 Å². The molecule has 3 aliphatic rings. The molecule has 1 aliphatic heterocycles. The van der Waals surface area contributed by atoms with Crippen molar-refractivity contribution in [3.63, 3.8) is 0 Å². The summed E-state index contributed by atoms with van der Waals surface area (Å²) in [6.45, 7) is 4.69. The van der Waals surface area contributed by atoms with Crippen molar-refractivity contribution in [3.8, 4) is 28.4 Å². The smallest absolute Gasteiger partial charge is 0.304 e. The average molecular weight is 519 g/mol. The Kier molecular flexibility index (Phi) is 6.06. The van der Waals surface area contributed by atoms with Gasteiger partial charge in [0, 0.05) is 23.1 Å². The minimum atomic E-state index is -0.856. The Bertz CT molecular complexity index is 1400. The molecule has 1 heterocycles. The maximum atomic E-state index is 15.2. The molecule has 1 unspecified atom stereocenters. The Morgan fingerprint density at radius 3 is 2.58 bits per heavy atom. The van der Waals surface area contributed by atoms with Crippen LogP contribution in [0.2, 0.25) is 0 Å². The van der Waals surface area contributed by atoms with Gasteiger partial charge in [-0.15, -0.1) is 0 Å². The lowest BCUT2D eigenvalue weighted by atomic mass is 9.90. The lowest BCUT2D eigenvalue weighted by molar-refractivity contribution is -0.137. The number of ether oxygens (including phenoxy) is 3. The van der Waals surface area contributed by atoms with Crippen LogP contribution in [0.25, 0.3) is 11.1 Å². The van der Waals surface area contributed by atoms with E-state index in [-0.39, 0.29) is 18.2 Å². The van der Waals surface area contributed by atoms with E-state index in [4.69, 9.17) is 19.3 Å². The zero-order valence-electron chi connectivity index (χ0n) is 21.6. The highest BCUT2D eigenvalue weighted by molar-refractivity contribution is 5.76. The fraction of sp³-hybridized carbons (Fsp3) is 0.387. The fourth-order valence-corrected chi connectivity index (χ4v) is 5.84. The van der Waals surface area contributed by atoms with Crippen molar-refractivity contribution < 1.29 is 33.6 Å². The van der Waals surface area contributed by atoms with E-state index in [0.29, 0.717) is 43.1 Å². The molecule has 2 N–H and O–H groups in total. The normalized spacial score (nSPS) is 20.4. The molecule has 0 amide bonds. The number of hydrogen-bond acceptors (Lipinski definition) is 5. The topological polar surface area (TPSA) is 85.2 Å². The fourth-order valence-electron chi connectivity index (χ4n) is 5.84. The number of halogens is 1. The molecule has 0 aromatic heterocycles. The van der Waals surface area contributed by atoms with E-state index in [1.54, 1.807) is 6.07 Å². The summed E-state index contributed by atoms with van der Waals surface area (Å²) < 4.78 is 33.1. The molecule has 3 aromatic rings. The predicted molar refractivity (Wildman–Crippen MR) is 140 cm³/mol. The maximum Gasteiger partial charge on any atom is 0.304 e. The van der Waals surface area contributed by atoms with Crippen LogP contribution < -0.4 is 14.2 Å². The highest BCUT2D eigenvalue weighted by Gasteiger charge is 2.41. The Morgan fingerprint density at radius 2 is 1.87 bits per heavy atom. The van der Waals surface area contributed by atoms with Crippen LogP contribution in [-0.4, -0.2) is 35.0 Å². The number of carboxylic acids is 1. The first-order valence-corrected chi connectivity index (χ1v) is 13.1. The first-order chi connectivity index (χ1) is 18.2. The number of aliphatic hydroxyl groups is 1. The van der Waals surface area contributed by atoms with Gasteiger partial charge in [0.1, 0.15) is 35.8 Å². The first-order valence-electron chi connectivity index (χ1n) is 13.1. The van der Waals surface area contributed by atoms with Gasteiger partial charge in [-0.1, -0.05) is 12.1 Å². The predicted octanol–water partition coefficient (Wildman–Crippen LogP) is 6.03. The molecule has 3 aromatic carbocycles. The molecule has 6 rings (SSSR count). The number of hydrogen-bond donors (Lipinski definition) is 2. The van der Waals surface area contributed by atoms with Gasteiger partial charge in [-0.2, -0.15) is 0 Å². The first kappa shape index (κ1) is 24.7. The summed E-state index contributed by atoms with van der Waals surface area (Å²) in [6, 6.07) is 12.8. The minimum absolute atomic E-state index is 0.0192. The second-order valence-corrected chi connectivity index (χ2v) is 10.9. The molecular formula is C31H31FO6. The van der Waals surface area contributed by atoms with Crippen molar-refractivity contribution in [1.29, 1.82) is 0 Å². The van der Waals surface area contributed by atoms with Gasteiger partial charge >= 0.3 is 5.97 Å². The van der Waals surface area contributed by atoms with Crippen LogP contribution in [0.5, 0.6) is 17.2 Å². The number of aliphatic carboxylic acids is 1. The third-order valence-electron chi connectivity index (χ3n) is 7.96. The van der Waals surface area contributed by atoms with Gasteiger partial charge in [0.15, 0.2) is 0 Å². The monoisotopic (exact) mass is 518 g/mol.